The molecule has 1 saturated heterocycles. The Labute approximate surface area is 118 Å². The number of esters is 1. The summed E-state index contributed by atoms with van der Waals surface area (Å²) < 4.78 is 6.45. The van der Waals surface area contributed by atoms with E-state index < -0.39 is 6.04 Å². The molecule has 1 atom stereocenters. The van der Waals surface area contributed by atoms with Crippen molar-refractivity contribution in [2.75, 3.05) is 13.7 Å². The number of ether oxygens (including phenoxy) is 1. The fourth-order valence-electron chi connectivity index (χ4n) is 2.38. The Hall–Kier alpha value is -2.11. The molecular weight excluding hydrogens is 258 g/mol. The third kappa shape index (κ3) is 3.07. The lowest BCUT2D eigenvalue weighted by atomic mass is 10.0. The van der Waals surface area contributed by atoms with Crippen LogP contribution in [0.15, 0.2) is 18.3 Å². The molecule has 20 heavy (non-hydrogen) atoms. The number of aryl methyl sites for hydroxylation is 1. The monoisotopic (exact) mass is 277 g/mol. The first-order valence-electron chi connectivity index (χ1n) is 6.68. The van der Waals surface area contributed by atoms with E-state index in [-0.39, 0.29) is 11.9 Å². The highest BCUT2D eigenvalue weighted by molar-refractivity contribution is 5.94. The average Bonchev–Trinajstić information content (AvgIpc) is 2.89. The predicted octanol–water partition coefficient (Wildman–Crippen LogP) is 0.987. The topological polar surface area (TPSA) is 64.4 Å². The van der Waals surface area contributed by atoms with E-state index in [9.17, 15) is 9.59 Å². The molecule has 0 saturated carbocycles. The molecule has 0 bridgehead atoms. The van der Waals surface area contributed by atoms with E-state index in [1.54, 1.807) is 21.9 Å². The van der Waals surface area contributed by atoms with Crippen LogP contribution < -0.4 is 0 Å². The third-order valence-corrected chi connectivity index (χ3v) is 3.51. The molecule has 1 amide bonds. The average molecular weight is 277 g/mol. The van der Waals surface area contributed by atoms with Crippen LogP contribution in [0.1, 0.15) is 25.0 Å². The molecule has 2 rings (SSSR count). The van der Waals surface area contributed by atoms with Crippen LogP contribution >= 0.6 is 0 Å². The van der Waals surface area contributed by atoms with Crippen LogP contribution in [0.4, 0.5) is 0 Å². The lowest BCUT2D eigenvalue weighted by Gasteiger charge is -2.32. The minimum atomic E-state index is -0.461. The van der Waals surface area contributed by atoms with E-state index in [2.05, 4.69) is 5.10 Å². The first-order chi connectivity index (χ1) is 9.63. The Bertz CT molecular complexity index is 521. The molecule has 0 aliphatic carbocycles. The van der Waals surface area contributed by atoms with Gasteiger partial charge in [0.05, 0.1) is 12.8 Å². The number of aromatic nitrogens is 2. The van der Waals surface area contributed by atoms with Crippen molar-refractivity contribution in [1.29, 1.82) is 0 Å². The summed E-state index contributed by atoms with van der Waals surface area (Å²) in [5.41, 5.74) is 0.838. The summed E-state index contributed by atoms with van der Waals surface area (Å²) in [5.74, 6) is -0.506. The Balaban J connectivity index is 2.08. The highest BCUT2D eigenvalue weighted by atomic mass is 16.5. The summed E-state index contributed by atoms with van der Waals surface area (Å²) in [6.45, 7) is 0.592. The van der Waals surface area contributed by atoms with E-state index in [1.807, 2.05) is 13.1 Å². The number of methoxy groups -OCH3 is 1. The molecule has 0 N–H and O–H groups in total. The minimum Gasteiger partial charge on any atom is -0.467 e. The number of rotatable bonds is 3. The number of hydrogen-bond acceptors (Lipinski definition) is 4. The molecular formula is C14H19N3O3. The SMILES string of the molecule is COC(=O)[C@H]1CCCCN1C(=O)/C=C/c1ccnn1C. The van der Waals surface area contributed by atoms with E-state index in [4.69, 9.17) is 4.74 Å². The van der Waals surface area contributed by atoms with Gasteiger partial charge in [-0.25, -0.2) is 4.79 Å². The maximum absolute atomic E-state index is 12.2. The summed E-state index contributed by atoms with van der Waals surface area (Å²) in [6, 6.07) is 1.36. The highest BCUT2D eigenvalue weighted by Crippen LogP contribution is 2.18. The van der Waals surface area contributed by atoms with Gasteiger partial charge in [-0.3, -0.25) is 9.48 Å². The Morgan fingerprint density at radius 1 is 1.45 bits per heavy atom. The molecule has 1 aromatic rings. The highest BCUT2D eigenvalue weighted by Gasteiger charge is 2.31. The fourth-order valence-corrected chi connectivity index (χ4v) is 2.38. The van der Waals surface area contributed by atoms with Gasteiger partial charge >= 0.3 is 5.97 Å². The molecule has 0 spiro atoms. The minimum absolute atomic E-state index is 0.165. The number of carbonyl (C=O) groups is 2. The first-order valence-corrected chi connectivity index (χ1v) is 6.68. The number of hydrogen-bond donors (Lipinski definition) is 0. The maximum atomic E-state index is 12.2. The molecule has 2 heterocycles. The summed E-state index contributed by atoms with van der Waals surface area (Å²) in [4.78, 5) is 25.5. The van der Waals surface area contributed by atoms with Crippen molar-refractivity contribution in [3.8, 4) is 0 Å². The maximum Gasteiger partial charge on any atom is 0.328 e. The summed E-state index contributed by atoms with van der Waals surface area (Å²) >= 11 is 0. The lowest BCUT2D eigenvalue weighted by Crippen LogP contribution is -2.47. The molecule has 0 radical (unpaired) electrons. The van der Waals surface area contributed by atoms with Crippen LogP contribution in [-0.4, -0.2) is 46.3 Å². The molecule has 0 aromatic carbocycles. The zero-order valence-electron chi connectivity index (χ0n) is 11.8. The van der Waals surface area contributed by atoms with Crippen molar-refractivity contribution >= 4 is 18.0 Å². The second-order valence-corrected chi connectivity index (χ2v) is 4.78. The van der Waals surface area contributed by atoms with Crippen LogP contribution in [0.3, 0.4) is 0 Å². The van der Waals surface area contributed by atoms with Gasteiger partial charge in [-0.15, -0.1) is 0 Å². The van der Waals surface area contributed by atoms with Crippen molar-refractivity contribution < 1.29 is 14.3 Å². The Kier molecular flexibility index (Phi) is 4.55. The van der Waals surface area contributed by atoms with Crippen LogP contribution in [0.5, 0.6) is 0 Å². The zero-order valence-corrected chi connectivity index (χ0v) is 11.8. The molecule has 6 nitrogen and oxygen atoms in total. The van der Waals surface area contributed by atoms with Gasteiger partial charge in [-0.2, -0.15) is 5.10 Å². The zero-order chi connectivity index (χ0) is 14.5. The smallest absolute Gasteiger partial charge is 0.328 e. The van der Waals surface area contributed by atoms with Gasteiger partial charge in [0.25, 0.3) is 0 Å². The molecule has 108 valence electrons. The predicted molar refractivity (Wildman–Crippen MR) is 73.6 cm³/mol. The van der Waals surface area contributed by atoms with Gasteiger partial charge < -0.3 is 9.64 Å². The normalized spacial score (nSPS) is 19.3. The van der Waals surface area contributed by atoms with Crippen molar-refractivity contribution in [3.63, 3.8) is 0 Å². The van der Waals surface area contributed by atoms with Crippen LogP contribution in [0.25, 0.3) is 6.08 Å². The standard InChI is InChI=1S/C14H19N3O3/c1-16-11(8-9-15-16)6-7-13(18)17-10-4-3-5-12(17)14(19)20-2/h6-9,12H,3-5,10H2,1-2H3/b7-6+/t12-/m1/s1. The second-order valence-electron chi connectivity index (χ2n) is 4.78. The summed E-state index contributed by atoms with van der Waals surface area (Å²) in [6.07, 6.45) is 7.38. The molecule has 1 aromatic heterocycles. The van der Waals surface area contributed by atoms with Gasteiger partial charge in [0.2, 0.25) is 5.91 Å². The van der Waals surface area contributed by atoms with Gasteiger partial charge in [-0.1, -0.05) is 0 Å². The van der Waals surface area contributed by atoms with Crippen molar-refractivity contribution in [2.45, 2.75) is 25.3 Å². The molecule has 0 unspecified atom stereocenters. The first kappa shape index (κ1) is 14.3. The van der Waals surface area contributed by atoms with Gasteiger partial charge in [0, 0.05) is 25.9 Å². The van der Waals surface area contributed by atoms with E-state index in [1.165, 1.54) is 13.2 Å². The van der Waals surface area contributed by atoms with Crippen LogP contribution in [0.2, 0.25) is 0 Å². The van der Waals surface area contributed by atoms with Crippen LogP contribution in [-0.2, 0) is 21.4 Å². The summed E-state index contributed by atoms with van der Waals surface area (Å²) in [5, 5.41) is 4.03. The quantitative estimate of drug-likeness (QED) is 0.610. The van der Waals surface area contributed by atoms with Crippen molar-refractivity contribution in [3.05, 3.63) is 24.0 Å². The van der Waals surface area contributed by atoms with E-state index in [0.717, 1.165) is 18.5 Å². The number of piperidine rings is 1. The Morgan fingerprint density at radius 2 is 2.25 bits per heavy atom. The Morgan fingerprint density at radius 3 is 2.90 bits per heavy atom. The molecule has 1 aliphatic rings. The van der Waals surface area contributed by atoms with E-state index in [0.29, 0.717) is 13.0 Å². The second kappa shape index (κ2) is 6.36. The van der Waals surface area contributed by atoms with Gasteiger partial charge in [0.15, 0.2) is 0 Å². The largest absolute Gasteiger partial charge is 0.467 e. The van der Waals surface area contributed by atoms with Crippen molar-refractivity contribution in [1.82, 2.24) is 14.7 Å². The van der Waals surface area contributed by atoms with Gasteiger partial charge in [-0.05, 0) is 31.4 Å². The molecule has 1 fully saturated rings. The summed E-state index contributed by atoms with van der Waals surface area (Å²) in [7, 11) is 3.16. The van der Waals surface area contributed by atoms with Crippen molar-refractivity contribution in [2.24, 2.45) is 7.05 Å². The van der Waals surface area contributed by atoms with Crippen LogP contribution in [0, 0.1) is 0 Å². The number of nitrogens with zero attached hydrogens (tertiary/aromatic N) is 3. The number of amides is 1. The number of carbonyl (C=O) groups excluding carboxylic acids is 2. The lowest BCUT2D eigenvalue weighted by molar-refractivity contribution is -0.153. The van der Waals surface area contributed by atoms with Gasteiger partial charge in [0.1, 0.15) is 6.04 Å². The molecule has 1 aliphatic heterocycles. The molecule has 6 heteroatoms. The van der Waals surface area contributed by atoms with E-state index >= 15 is 0 Å². The number of likely N-dealkylation sites (tertiary alicyclic amines) is 1. The fraction of sp³-hybridized carbons (Fsp3) is 0.500. The third-order valence-electron chi connectivity index (χ3n) is 3.51.